The van der Waals surface area contributed by atoms with Crippen LogP contribution in [0.5, 0.6) is 0 Å². The van der Waals surface area contributed by atoms with Gasteiger partial charge in [0.25, 0.3) is 0 Å². The van der Waals surface area contributed by atoms with Crippen molar-refractivity contribution in [2.45, 2.75) is 18.2 Å². The van der Waals surface area contributed by atoms with Crippen LogP contribution in [0.4, 0.5) is 4.79 Å². The molecule has 0 aliphatic carbocycles. The number of carbonyl (C=O) groups excluding carboxylic acids is 3. The van der Waals surface area contributed by atoms with Gasteiger partial charge in [-0.3, -0.25) is 9.59 Å². The second-order valence-corrected chi connectivity index (χ2v) is 9.46. The molecule has 3 rings (SSSR count). The quantitative estimate of drug-likeness (QED) is 0.603. The van der Waals surface area contributed by atoms with Gasteiger partial charge in [0.05, 0.1) is 4.90 Å². The number of rotatable bonds is 7. The summed E-state index contributed by atoms with van der Waals surface area (Å²) in [6.45, 7) is 2.71. The summed E-state index contributed by atoms with van der Waals surface area (Å²) >= 11 is 0. The molecule has 1 fully saturated rings. The van der Waals surface area contributed by atoms with E-state index >= 15 is 0 Å². The van der Waals surface area contributed by atoms with E-state index in [0.29, 0.717) is 24.1 Å². The van der Waals surface area contributed by atoms with Crippen LogP contribution in [-0.4, -0.2) is 68.1 Å². The number of urea groups is 1. The van der Waals surface area contributed by atoms with Gasteiger partial charge in [0.15, 0.2) is 5.78 Å². The highest BCUT2D eigenvalue weighted by Crippen LogP contribution is 2.18. The fraction of sp³-hybridized carbons (Fsp3) is 0.318. The van der Waals surface area contributed by atoms with Crippen LogP contribution in [-0.2, 0) is 16.4 Å². The molecule has 0 unspecified atom stereocenters. The van der Waals surface area contributed by atoms with Gasteiger partial charge in [-0.1, -0.05) is 24.3 Å². The van der Waals surface area contributed by atoms with E-state index in [1.165, 1.54) is 35.5 Å². The second kappa shape index (κ2) is 9.92. The second-order valence-electron chi connectivity index (χ2n) is 7.52. The fourth-order valence-electron chi connectivity index (χ4n) is 3.45. The third kappa shape index (κ3) is 5.51. The van der Waals surface area contributed by atoms with Gasteiger partial charge in [-0.2, -0.15) is 4.31 Å². The number of ketones is 1. The smallest absolute Gasteiger partial charge is 0.317 e. The van der Waals surface area contributed by atoms with E-state index in [1.807, 2.05) is 6.07 Å². The van der Waals surface area contributed by atoms with Crippen molar-refractivity contribution in [1.29, 1.82) is 0 Å². The van der Waals surface area contributed by atoms with Crippen LogP contribution in [0.25, 0.3) is 0 Å². The maximum atomic E-state index is 12.8. The van der Waals surface area contributed by atoms with Gasteiger partial charge in [0.2, 0.25) is 15.9 Å². The van der Waals surface area contributed by atoms with Crippen LogP contribution in [0.2, 0.25) is 0 Å². The summed E-state index contributed by atoms with van der Waals surface area (Å²) in [7, 11) is -3.69. The van der Waals surface area contributed by atoms with E-state index in [2.05, 4.69) is 5.32 Å². The average Bonchev–Trinajstić information content (AvgIpc) is 2.79. The largest absolute Gasteiger partial charge is 0.366 e. The first kappa shape index (κ1) is 23.4. The summed E-state index contributed by atoms with van der Waals surface area (Å²) < 4.78 is 27.0. The molecule has 0 atom stereocenters. The summed E-state index contributed by atoms with van der Waals surface area (Å²) in [6.07, 6.45) is 0.539. The van der Waals surface area contributed by atoms with Crippen molar-refractivity contribution in [2.24, 2.45) is 5.73 Å². The van der Waals surface area contributed by atoms with E-state index in [1.54, 1.807) is 23.1 Å². The normalized spacial score (nSPS) is 14.7. The molecule has 0 saturated carbocycles. The number of benzene rings is 2. The summed E-state index contributed by atoms with van der Waals surface area (Å²) in [5, 5.41) is 2.82. The number of sulfonamides is 1. The van der Waals surface area contributed by atoms with Gasteiger partial charge in [0, 0.05) is 43.9 Å². The first-order valence-corrected chi connectivity index (χ1v) is 11.6. The Kier molecular flexibility index (Phi) is 7.26. The number of hydrogen-bond donors (Lipinski definition) is 2. The molecule has 9 nitrogen and oxygen atoms in total. The Hall–Kier alpha value is -3.24. The zero-order valence-electron chi connectivity index (χ0n) is 17.8. The SMILES string of the molecule is CC(=O)c1ccc(S(=O)(=O)N2CCN(C(=O)NCCc3cccc(C(N)=O)c3)CC2)cc1. The van der Waals surface area contributed by atoms with Gasteiger partial charge in [-0.15, -0.1) is 0 Å². The van der Waals surface area contributed by atoms with Crippen LogP contribution in [0.3, 0.4) is 0 Å². The molecule has 1 aliphatic rings. The molecule has 3 amide bonds. The third-order valence-corrected chi connectivity index (χ3v) is 7.24. The Bertz CT molecular complexity index is 1110. The standard InChI is InChI=1S/C22H26N4O5S/c1-16(27)18-5-7-20(8-6-18)32(30,31)26-13-11-25(12-14-26)22(29)24-10-9-17-3-2-4-19(15-17)21(23)28/h2-8,15H,9-14H2,1H3,(H2,23,28)(H,24,29). The zero-order valence-corrected chi connectivity index (χ0v) is 18.6. The Morgan fingerprint density at radius 3 is 2.22 bits per heavy atom. The first-order valence-electron chi connectivity index (χ1n) is 10.2. The number of nitrogens with zero attached hydrogens (tertiary/aromatic N) is 2. The average molecular weight is 459 g/mol. The molecular formula is C22H26N4O5S. The summed E-state index contributed by atoms with van der Waals surface area (Å²) in [4.78, 5) is 36.8. The van der Waals surface area contributed by atoms with Crippen molar-refractivity contribution >= 4 is 27.7 Å². The van der Waals surface area contributed by atoms with Crippen molar-refractivity contribution in [2.75, 3.05) is 32.7 Å². The number of piperazine rings is 1. The number of nitrogens with one attached hydrogen (secondary N) is 1. The lowest BCUT2D eigenvalue weighted by Crippen LogP contribution is -2.53. The van der Waals surface area contributed by atoms with E-state index < -0.39 is 15.9 Å². The first-order chi connectivity index (χ1) is 15.2. The van der Waals surface area contributed by atoms with Crippen LogP contribution in [0.15, 0.2) is 53.4 Å². The van der Waals surface area contributed by atoms with Crippen molar-refractivity contribution in [3.8, 4) is 0 Å². The Morgan fingerprint density at radius 1 is 0.969 bits per heavy atom. The topological polar surface area (TPSA) is 130 Å². The fourth-order valence-corrected chi connectivity index (χ4v) is 4.87. The highest BCUT2D eigenvalue weighted by molar-refractivity contribution is 7.89. The molecular weight excluding hydrogens is 432 g/mol. The van der Waals surface area contributed by atoms with Crippen molar-refractivity contribution < 1.29 is 22.8 Å². The van der Waals surface area contributed by atoms with Crippen LogP contribution in [0, 0.1) is 0 Å². The van der Waals surface area contributed by atoms with Crippen LogP contribution >= 0.6 is 0 Å². The zero-order chi connectivity index (χ0) is 23.3. The molecule has 32 heavy (non-hydrogen) atoms. The maximum absolute atomic E-state index is 12.8. The molecule has 0 bridgehead atoms. The highest BCUT2D eigenvalue weighted by Gasteiger charge is 2.30. The lowest BCUT2D eigenvalue weighted by atomic mass is 10.1. The van der Waals surface area contributed by atoms with Crippen molar-refractivity contribution in [3.05, 3.63) is 65.2 Å². The van der Waals surface area contributed by atoms with Gasteiger partial charge in [-0.05, 0) is 43.2 Å². The molecule has 3 N–H and O–H groups in total. The Balaban J connectivity index is 1.50. The lowest BCUT2D eigenvalue weighted by Gasteiger charge is -2.34. The van der Waals surface area contributed by atoms with E-state index in [0.717, 1.165) is 5.56 Å². The van der Waals surface area contributed by atoms with E-state index in [4.69, 9.17) is 5.73 Å². The van der Waals surface area contributed by atoms with Crippen molar-refractivity contribution in [3.63, 3.8) is 0 Å². The molecule has 0 spiro atoms. The molecule has 1 heterocycles. The molecule has 0 radical (unpaired) electrons. The van der Waals surface area contributed by atoms with Gasteiger partial charge < -0.3 is 16.0 Å². The predicted octanol–water partition coefficient (Wildman–Crippen LogP) is 1.25. The van der Waals surface area contributed by atoms with Gasteiger partial charge in [-0.25, -0.2) is 13.2 Å². The monoisotopic (exact) mass is 458 g/mol. The number of carbonyl (C=O) groups is 3. The van der Waals surface area contributed by atoms with Crippen LogP contribution in [0.1, 0.15) is 33.2 Å². The summed E-state index contributed by atoms with van der Waals surface area (Å²) in [6, 6.07) is 12.5. The lowest BCUT2D eigenvalue weighted by molar-refractivity contribution is 0.0996. The molecule has 2 aromatic rings. The summed E-state index contributed by atoms with van der Waals surface area (Å²) in [5.41, 5.74) is 7.03. The molecule has 1 saturated heterocycles. The van der Waals surface area contributed by atoms with E-state index in [9.17, 15) is 22.8 Å². The number of primary amides is 1. The van der Waals surface area contributed by atoms with Crippen molar-refractivity contribution in [1.82, 2.24) is 14.5 Å². The number of amides is 3. The predicted molar refractivity (Wildman–Crippen MR) is 119 cm³/mol. The summed E-state index contributed by atoms with van der Waals surface area (Å²) in [5.74, 6) is -0.632. The molecule has 0 aromatic heterocycles. The molecule has 1 aliphatic heterocycles. The number of nitrogens with two attached hydrogens (primary N) is 1. The molecule has 170 valence electrons. The Labute approximate surface area is 187 Å². The maximum Gasteiger partial charge on any atom is 0.317 e. The van der Waals surface area contributed by atoms with Crippen LogP contribution < -0.4 is 11.1 Å². The minimum atomic E-state index is -3.69. The van der Waals surface area contributed by atoms with Gasteiger partial charge in [0.1, 0.15) is 0 Å². The third-order valence-electron chi connectivity index (χ3n) is 5.33. The van der Waals surface area contributed by atoms with Gasteiger partial charge >= 0.3 is 6.03 Å². The molecule has 10 heteroatoms. The minimum absolute atomic E-state index is 0.124. The minimum Gasteiger partial charge on any atom is -0.366 e. The molecule has 2 aromatic carbocycles. The number of Topliss-reactive ketones (excluding diaryl/α,β-unsaturated/α-hetero) is 1. The highest BCUT2D eigenvalue weighted by atomic mass is 32.2. The van der Waals surface area contributed by atoms with E-state index in [-0.39, 0.29) is 42.9 Å². The Morgan fingerprint density at radius 2 is 1.62 bits per heavy atom. The number of hydrogen-bond acceptors (Lipinski definition) is 5.